The van der Waals surface area contributed by atoms with Gasteiger partial charge >= 0.3 is 6.18 Å². The summed E-state index contributed by atoms with van der Waals surface area (Å²) < 4.78 is 48.9. The maximum atomic E-state index is 12.9. The Balaban J connectivity index is 1.49. The van der Waals surface area contributed by atoms with Crippen LogP contribution < -0.4 is 15.4 Å². The van der Waals surface area contributed by atoms with Crippen molar-refractivity contribution in [1.29, 1.82) is 0 Å². The van der Waals surface area contributed by atoms with Crippen molar-refractivity contribution in [2.45, 2.75) is 25.2 Å². The zero-order valence-corrected chi connectivity index (χ0v) is 18.3. The molecule has 0 unspecified atom stereocenters. The molecule has 5 rings (SSSR count). The molecule has 0 radical (unpaired) electrons. The first-order valence-electron chi connectivity index (χ1n) is 10.3. The minimum Gasteiger partial charge on any atom is -0.467 e. The van der Waals surface area contributed by atoms with Crippen LogP contribution in [0.15, 0.2) is 12.3 Å². The van der Waals surface area contributed by atoms with Crippen LogP contribution in [0.4, 0.5) is 30.6 Å². The molecule has 0 bridgehead atoms. The first-order valence-corrected chi connectivity index (χ1v) is 10.7. The molecule has 0 saturated carbocycles. The molecule has 176 valence electrons. The Morgan fingerprint density at radius 2 is 2.12 bits per heavy atom. The van der Waals surface area contributed by atoms with Gasteiger partial charge in [0.1, 0.15) is 17.2 Å². The molecule has 0 aliphatic carbocycles. The lowest BCUT2D eigenvalue weighted by Gasteiger charge is -2.39. The summed E-state index contributed by atoms with van der Waals surface area (Å²) >= 11 is 6.19. The van der Waals surface area contributed by atoms with Gasteiger partial charge in [-0.05, 0) is 11.6 Å². The minimum absolute atomic E-state index is 0.147. The molecule has 0 spiro atoms. The highest BCUT2D eigenvalue weighted by Crippen LogP contribution is 2.34. The summed E-state index contributed by atoms with van der Waals surface area (Å²) in [5.41, 5.74) is 2.36. The molecule has 0 aromatic carbocycles. The molecule has 2 aliphatic rings. The Morgan fingerprint density at radius 1 is 1.30 bits per heavy atom. The molecule has 33 heavy (non-hydrogen) atoms. The average molecular weight is 484 g/mol. The summed E-state index contributed by atoms with van der Waals surface area (Å²) in [5, 5.41) is 7.00. The summed E-state index contributed by atoms with van der Waals surface area (Å²) in [7, 11) is 1.69. The van der Waals surface area contributed by atoms with Gasteiger partial charge in [-0.2, -0.15) is 23.1 Å². The fourth-order valence-electron chi connectivity index (χ4n) is 3.92. The van der Waals surface area contributed by atoms with Crippen molar-refractivity contribution in [2.75, 3.05) is 44.0 Å². The van der Waals surface area contributed by atoms with E-state index in [1.54, 1.807) is 19.3 Å². The molecular weight excluding hydrogens is 463 g/mol. The summed E-state index contributed by atoms with van der Waals surface area (Å²) in [6, 6.07) is 2.10. The number of anilines is 3. The number of halogens is 4. The third kappa shape index (κ3) is 4.50. The maximum absolute atomic E-state index is 12.9. The topological polar surface area (TPSA) is 100 Å². The quantitative estimate of drug-likeness (QED) is 0.490. The van der Waals surface area contributed by atoms with E-state index in [1.165, 1.54) is 0 Å². The second-order valence-electron chi connectivity index (χ2n) is 7.89. The zero-order valence-electron chi connectivity index (χ0n) is 17.6. The first-order chi connectivity index (χ1) is 15.8. The summed E-state index contributed by atoms with van der Waals surface area (Å²) in [6.45, 7) is 1.30. The van der Waals surface area contributed by atoms with Gasteiger partial charge in [0.25, 0.3) is 0 Å². The third-order valence-corrected chi connectivity index (χ3v) is 5.94. The fourth-order valence-corrected chi connectivity index (χ4v) is 4.16. The second kappa shape index (κ2) is 8.50. The van der Waals surface area contributed by atoms with E-state index in [4.69, 9.17) is 21.1 Å². The van der Waals surface area contributed by atoms with Crippen molar-refractivity contribution >= 4 is 40.1 Å². The van der Waals surface area contributed by atoms with E-state index >= 15 is 0 Å². The molecule has 1 fully saturated rings. The average Bonchev–Trinajstić information content (AvgIpc) is 3.10. The van der Waals surface area contributed by atoms with Crippen LogP contribution in [0, 0.1) is 0 Å². The van der Waals surface area contributed by atoms with Gasteiger partial charge in [0.05, 0.1) is 35.4 Å². The highest BCUT2D eigenvalue weighted by atomic mass is 35.5. The standard InChI is InChI=1S/C20H21ClF3N7O2/c1-25-16-15-12(21)5-26-17(15)30-19(29-16)28-14-4-10-6-31(11-7-32-8-11)3-2-13(10)27-18(14)33-9-20(22,23)24/h4-5,11H,2-3,6-9H2,1H3,(H3,25,26,28,29,30). The van der Waals surface area contributed by atoms with E-state index in [2.05, 4.69) is 35.5 Å². The van der Waals surface area contributed by atoms with E-state index in [0.717, 1.165) is 17.8 Å². The number of nitrogens with zero attached hydrogens (tertiary/aromatic N) is 4. The van der Waals surface area contributed by atoms with Crippen LogP contribution in [-0.2, 0) is 17.7 Å². The van der Waals surface area contributed by atoms with Gasteiger partial charge in [-0.25, -0.2) is 4.98 Å². The molecule has 3 aromatic heterocycles. The number of rotatable bonds is 6. The van der Waals surface area contributed by atoms with E-state index in [1.807, 2.05) is 0 Å². The molecule has 9 nitrogen and oxygen atoms in total. The Labute approximate surface area is 191 Å². The zero-order chi connectivity index (χ0) is 23.2. The van der Waals surface area contributed by atoms with Crippen LogP contribution in [0.2, 0.25) is 5.02 Å². The van der Waals surface area contributed by atoms with Gasteiger partial charge in [0.2, 0.25) is 11.8 Å². The number of fused-ring (bicyclic) bond motifs is 2. The highest BCUT2D eigenvalue weighted by Gasteiger charge is 2.32. The van der Waals surface area contributed by atoms with Crippen LogP contribution in [0.1, 0.15) is 11.3 Å². The van der Waals surface area contributed by atoms with Crippen molar-refractivity contribution in [2.24, 2.45) is 0 Å². The van der Waals surface area contributed by atoms with Crippen LogP contribution >= 0.6 is 11.6 Å². The van der Waals surface area contributed by atoms with Crippen molar-refractivity contribution in [3.05, 3.63) is 28.5 Å². The molecule has 2 aliphatic heterocycles. The summed E-state index contributed by atoms with van der Waals surface area (Å²) in [5.74, 6) is 0.475. The summed E-state index contributed by atoms with van der Waals surface area (Å²) in [4.78, 5) is 18.5. The fraction of sp³-hybridized carbons (Fsp3) is 0.450. The lowest BCUT2D eigenvalue weighted by Crippen LogP contribution is -2.50. The molecule has 1 saturated heterocycles. The smallest absolute Gasteiger partial charge is 0.422 e. The second-order valence-corrected chi connectivity index (χ2v) is 8.30. The molecule has 5 heterocycles. The predicted molar refractivity (Wildman–Crippen MR) is 116 cm³/mol. The third-order valence-electron chi connectivity index (χ3n) is 5.64. The lowest BCUT2D eigenvalue weighted by molar-refractivity contribution is -0.154. The lowest BCUT2D eigenvalue weighted by atomic mass is 10.0. The maximum Gasteiger partial charge on any atom is 0.422 e. The van der Waals surface area contributed by atoms with E-state index in [-0.39, 0.29) is 17.5 Å². The Morgan fingerprint density at radius 3 is 2.82 bits per heavy atom. The number of nitrogens with one attached hydrogen (secondary N) is 3. The number of pyridine rings is 1. The Hall–Kier alpha value is -2.83. The minimum atomic E-state index is -4.49. The van der Waals surface area contributed by atoms with E-state index in [0.29, 0.717) is 54.1 Å². The number of aromatic amines is 1. The SMILES string of the molecule is CNc1nc(Nc2cc3c(nc2OCC(F)(F)F)CCN(C2COC2)C3)nc2[nH]cc(Cl)c12. The molecule has 0 amide bonds. The largest absolute Gasteiger partial charge is 0.467 e. The van der Waals surface area contributed by atoms with Crippen LogP contribution in [0.25, 0.3) is 11.0 Å². The predicted octanol–water partition coefficient (Wildman–Crippen LogP) is 3.49. The summed E-state index contributed by atoms with van der Waals surface area (Å²) in [6.07, 6.45) is -2.30. The Bertz CT molecular complexity index is 1180. The number of alkyl halides is 3. The normalized spacial score (nSPS) is 17.0. The number of ether oxygens (including phenoxy) is 2. The molecule has 13 heteroatoms. The highest BCUT2D eigenvalue weighted by molar-refractivity contribution is 6.36. The van der Waals surface area contributed by atoms with Gasteiger partial charge in [0.15, 0.2) is 6.61 Å². The molecular formula is C20H21ClF3N7O2. The van der Waals surface area contributed by atoms with Gasteiger partial charge in [0, 0.05) is 32.8 Å². The van der Waals surface area contributed by atoms with Crippen LogP contribution in [0.3, 0.4) is 0 Å². The monoisotopic (exact) mass is 483 g/mol. The van der Waals surface area contributed by atoms with Crippen LogP contribution in [0.5, 0.6) is 5.88 Å². The molecule has 3 aromatic rings. The van der Waals surface area contributed by atoms with Crippen molar-refractivity contribution in [1.82, 2.24) is 24.8 Å². The van der Waals surface area contributed by atoms with Gasteiger partial charge < -0.3 is 25.1 Å². The molecule has 0 atom stereocenters. The number of hydrogen-bond donors (Lipinski definition) is 3. The van der Waals surface area contributed by atoms with E-state index in [9.17, 15) is 13.2 Å². The Kier molecular flexibility index (Phi) is 5.67. The van der Waals surface area contributed by atoms with Crippen molar-refractivity contribution in [3.8, 4) is 5.88 Å². The van der Waals surface area contributed by atoms with Crippen LogP contribution in [-0.4, -0.2) is 70.5 Å². The van der Waals surface area contributed by atoms with Gasteiger partial charge in [-0.3, -0.25) is 4.90 Å². The van der Waals surface area contributed by atoms with E-state index < -0.39 is 12.8 Å². The first kappa shape index (κ1) is 22.0. The number of H-pyrrole nitrogens is 1. The van der Waals surface area contributed by atoms with Crippen molar-refractivity contribution < 1.29 is 22.6 Å². The van der Waals surface area contributed by atoms with Gasteiger partial charge in [-0.15, -0.1) is 0 Å². The number of hydrogen-bond acceptors (Lipinski definition) is 8. The number of aromatic nitrogens is 4. The van der Waals surface area contributed by atoms with Gasteiger partial charge in [-0.1, -0.05) is 11.6 Å². The van der Waals surface area contributed by atoms with Crippen molar-refractivity contribution in [3.63, 3.8) is 0 Å². The molecule has 3 N–H and O–H groups in total.